The number of ether oxygens (including phenoxy) is 2. The summed E-state index contributed by atoms with van der Waals surface area (Å²) in [6.07, 6.45) is 2.09. The summed E-state index contributed by atoms with van der Waals surface area (Å²) in [6.45, 7) is 1.08. The average molecular weight is 278 g/mol. The van der Waals surface area contributed by atoms with E-state index < -0.39 is 0 Å². The zero-order valence-corrected chi connectivity index (χ0v) is 11.8. The molecular formula is C15H22N2O3. The number of nitrogens with one attached hydrogen (secondary N) is 1. The Morgan fingerprint density at radius 2 is 2.35 bits per heavy atom. The van der Waals surface area contributed by atoms with Crippen LogP contribution in [0.15, 0.2) is 24.3 Å². The second kappa shape index (κ2) is 7.26. The molecule has 3 N–H and O–H groups in total. The van der Waals surface area contributed by atoms with E-state index in [9.17, 15) is 4.79 Å². The predicted octanol–water partition coefficient (Wildman–Crippen LogP) is 0.860. The molecule has 110 valence electrons. The fraction of sp³-hybridized carbons (Fsp3) is 0.533. The number of hydrogen-bond acceptors (Lipinski definition) is 4. The van der Waals surface area contributed by atoms with E-state index in [1.165, 1.54) is 0 Å². The van der Waals surface area contributed by atoms with Crippen molar-refractivity contribution in [3.63, 3.8) is 0 Å². The van der Waals surface area contributed by atoms with E-state index in [-0.39, 0.29) is 18.1 Å². The van der Waals surface area contributed by atoms with E-state index >= 15 is 0 Å². The van der Waals surface area contributed by atoms with Crippen molar-refractivity contribution in [1.82, 2.24) is 5.32 Å². The Labute approximate surface area is 119 Å². The van der Waals surface area contributed by atoms with Gasteiger partial charge in [0.15, 0.2) is 0 Å². The molecule has 0 aliphatic carbocycles. The van der Waals surface area contributed by atoms with Crippen molar-refractivity contribution in [2.45, 2.75) is 31.5 Å². The molecule has 0 bridgehead atoms. The number of carbonyl (C=O) groups is 1. The maximum atomic E-state index is 11.9. The first-order valence-electron chi connectivity index (χ1n) is 6.99. The van der Waals surface area contributed by atoms with Crippen molar-refractivity contribution < 1.29 is 14.3 Å². The molecule has 5 nitrogen and oxygen atoms in total. The summed E-state index contributed by atoms with van der Waals surface area (Å²) in [6, 6.07) is 7.84. The van der Waals surface area contributed by atoms with E-state index in [0.717, 1.165) is 30.6 Å². The zero-order valence-electron chi connectivity index (χ0n) is 11.8. The van der Waals surface area contributed by atoms with Crippen molar-refractivity contribution in [2.75, 3.05) is 20.2 Å². The van der Waals surface area contributed by atoms with E-state index in [4.69, 9.17) is 15.2 Å². The second-order valence-corrected chi connectivity index (χ2v) is 4.95. The fourth-order valence-electron chi connectivity index (χ4n) is 2.34. The summed E-state index contributed by atoms with van der Waals surface area (Å²) in [4.78, 5) is 11.9. The van der Waals surface area contributed by atoms with Crippen molar-refractivity contribution in [1.29, 1.82) is 0 Å². The quantitative estimate of drug-likeness (QED) is 0.809. The zero-order chi connectivity index (χ0) is 14.4. The lowest BCUT2D eigenvalue weighted by molar-refractivity contribution is -0.131. The minimum atomic E-state index is -0.339. The number of amides is 1. The van der Waals surface area contributed by atoms with Gasteiger partial charge in [-0.15, -0.1) is 0 Å². The highest BCUT2D eigenvalue weighted by atomic mass is 16.5. The number of hydrogen-bond donors (Lipinski definition) is 2. The highest BCUT2D eigenvalue weighted by molar-refractivity contribution is 5.81. The molecule has 0 radical (unpaired) electrons. The van der Waals surface area contributed by atoms with Gasteiger partial charge in [0, 0.05) is 13.1 Å². The first-order valence-corrected chi connectivity index (χ1v) is 6.99. The summed E-state index contributed by atoms with van der Waals surface area (Å²) in [5.41, 5.74) is 6.67. The van der Waals surface area contributed by atoms with E-state index in [1.807, 2.05) is 24.3 Å². The number of rotatable bonds is 6. The van der Waals surface area contributed by atoms with Gasteiger partial charge in [-0.2, -0.15) is 0 Å². The maximum Gasteiger partial charge on any atom is 0.249 e. The normalized spacial score (nSPS) is 21.7. The topological polar surface area (TPSA) is 73.6 Å². The van der Waals surface area contributed by atoms with Gasteiger partial charge in [-0.1, -0.05) is 12.1 Å². The van der Waals surface area contributed by atoms with Crippen molar-refractivity contribution in [3.8, 4) is 5.75 Å². The SMILES string of the molecule is COc1cccc(CCNC(=O)[C@@H]2CC[C@H](CN)O2)c1. The maximum absolute atomic E-state index is 11.9. The lowest BCUT2D eigenvalue weighted by Gasteiger charge is -2.12. The molecule has 1 amide bonds. The number of carbonyl (C=O) groups excluding carboxylic acids is 1. The van der Waals surface area contributed by atoms with Gasteiger partial charge in [-0.25, -0.2) is 0 Å². The molecule has 0 saturated carbocycles. The summed E-state index contributed by atoms with van der Waals surface area (Å²) in [5, 5.41) is 2.91. The molecule has 1 saturated heterocycles. The molecule has 2 rings (SSSR count). The third kappa shape index (κ3) is 3.95. The van der Waals surface area contributed by atoms with Crippen LogP contribution in [0.25, 0.3) is 0 Å². The molecule has 1 aliphatic heterocycles. The molecule has 2 atom stereocenters. The molecule has 1 heterocycles. The molecule has 1 aromatic carbocycles. The van der Waals surface area contributed by atoms with Gasteiger partial charge in [-0.05, 0) is 37.0 Å². The van der Waals surface area contributed by atoms with Crippen LogP contribution in [0, 0.1) is 0 Å². The van der Waals surface area contributed by atoms with Crippen LogP contribution in [0.2, 0.25) is 0 Å². The van der Waals surface area contributed by atoms with Crippen LogP contribution < -0.4 is 15.8 Å². The van der Waals surface area contributed by atoms with Crippen molar-refractivity contribution in [3.05, 3.63) is 29.8 Å². The van der Waals surface area contributed by atoms with Crippen molar-refractivity contribution in [2.24, 2.45) is 5.73 Å². The molecule has 1 aliphatic rings. The Morgan fingerprint density at radius 1 is 1.50 bits per heavy atom. The van der Waals surface area contributed by atoms with Crippen LogP contribution in [-0.2, 0) is 16.0 Å². The Balaban J connectivity index is 1.74. The largest absolute Gasteiger partial charge is 0.497 e. The summed E-state index contributed by atoms with van der Waals surface area (Å²) < 4.78 is 10.7. The molecule has 5 heteroatoms. The third-order valence-corrected chi connectivity index (χ3v) is 3.51. The molecule has 0 spiro atoms. The van der Waals surface area contributed by atoms with Gasteiger partial charge in [0.25, 0.3) is 0 Å². The number of methoxy groups -OCH3 is 1. The van der Waals surface area contributed by atoms with Crippen LogP contribution in [0.5, 0.6) is 5.75 Å². The molecule has 0 unspecified atom stereocenters. The number of benzene rings is 1. The highest BCUT2D eigenvalue weighted by Gasteiger charge is 2.29. The third-order valence-electron chi connectivity index (χ3n) is 3.51. The average Bonchev–Trinajstić information content (AvgIpc) is 2.96. The fourth-order valence-corrected chi connectivity index (χ4v) is 2.34. The minimum absolute atomic E-state index is 0.0316. The van der Waals surface area contributed by atoms with Crippen LogP contribution in [0.3, 0.4) is 0 Å². The predicted molar refractivity (Wildman–Crippen MR) is 76.7 cm³/mol. The minimum Gasteiger partial charge on any atom is -0.497 e. The van der Waals surface area contributed by atoms with Gasteiger partial charge in [0.2, 0.25) is 5.91 Å². The summed E-state index contributed by atoms with van der Waals surface area (Å²) in [5.74, 6) is 0.794. The first-order chi connectivity index (χ1) is 9.72. The highest BCUT2D eigenvalue weighted by Crippen LogP contribution is 2.18. The first kappa shape index (κ1) is 14.8. The number of nitrogens with two attached hydrogens (primary N) is 1. The molecule has 20 heavy (non-hydrogen) atoms. The smallest absolute Gasteiger partial charge is 0.249 e. The standard InChI is InChI=1S/C15H22N2O3/c1-19-12-4-2-3-11(9-12)7-8-17-15(18)14-6-5-13(10-16)20-14/h2-4,9,13-14H,5-8,10,16H2,1H3,(H,17,18)/t13-,14+/m1/s1. The summed E-state index contributed by atoms with van der Waals surface area (Å²) in [7, 11) is 1.65. The monoisotopic (exact) mass is 278 g/mol. The Bertz CT molecular complexity index is 450. The lowest BCUT2D eigenvalue weighted by Crippen LogP contribution is -2.36. The summed E-state index contributed by atoms with van der Waals surface area (Å²) >= 11 is 0. The van der Waals surface area contributed by atoms with Crippen molar-refractivity contribution >= 4 is 5.91 Å². The molecule has 1 aromatic rings. The lowest BCUT2D eigenvalue weighted by atomic mass is 10.1. The van der Waals surface area contributed by atoms with E-state index in [0.29, 0.717) is 13.1 Å². The van der Waals surface area contributed by atoms with Crippen LogP contribution >= 0.6 is 0 Å². The van der Waals surface area contributed by atoms with Crippen LogP contribution in [-0.4, -0.2) is 38.3 Å². The molecule has 1 fully saturated rings. The Morgan fingerprint density at radius 3 is 3.05 bits per heavy atom. The van der Waals surface area contributed by atoms with Crippen LogP contribution in [0.1, 0.15) is 18.4 Å². The Hall–Kier alpha value is -1.59. The van der Waals surface area contributed by atoms with E-state index in [2.05, 4.69) is 5.32 Å². The second-order valence-electron chi connectivity index (χ2n) is 4.95. The van der Waals surface area contributed by atoms with E-state index in [1.54, 1.807) is 7.11 Å². The van der Waals surface area contributed by atoms with Crippen LogP contribution in [0.4, 0.5) is 0 Å². The van der Waals surface area contributed by atoms with Gasteiger partial charge < -0.3 is 20.5 Å². The van der Waals surface area contributed by atoms with Gasteiger partial charge >= 0.3 is 0 Å². The molecular weight excluding hydrogens is 256 g/mol. The van der Waals surface area contributed by atoms with Gasteiger partial charge in [0.1, 0.15) is 11.9 Å². The van der Waals surface area contributed by atoms with Gasteiger partial charge in [-0.3, -0.25) is 4.79 Å². The van der Waals surface area contributed by atoms with Gasteiger partial charge in [0.05, 0.1) is 13.2 Å². The molecule has 0 aromatic heterocycles. The Kier molecular flexibility index (Phi) is 5.38.